The van der Waals surface area contributed by atoms with E-state index in [1.54, 1.807) is 0 Å². The van der Waals surface area contributed by atoms with Crippen LogP contribution in [0.1, 0.15) is 5.69 Å². The smallest absolute Gasteiger partial charge is 0.155 e. The molecule has 2 heterocycles. The first kappa shape index (κ1) is 10.5. The summed E-state index contributed by atoms with van der Waals surface area (Å²) in [7, 11) is 4.12. The van der Waals surface area contributed by atoms with E-state index in [1.807, 2.05) is 28.9 Å². The van der Waals surface area contributed by atoms with Crippen molar-refractivity contribution >= 4 is 17.2 Å². The third-order valence-corrected chi connectivity index (χ3v) is 2.60. The molecule has 0 radical (unpaired) electrons. The number of hydrogen-bond acceptors (Lipinski definition) is 2. The van der Waals surface area contributed by atoms with Crippen LogP contribution in [-0.2, 0) is 6.42 Å². The van der Waals surface area contributed by atoms with Crippen LogP contribution in [0.5, 0.6) is 0 Å². The van der Waals surface area contributed by atoms with Crippen LogP contribution in [0.25, 0.3) is 5.65 Å². The van der Waals surface area contributed by atoms with Crippen molar-refractivity contribution < 1.29 is 0 Å². The molecular weight excluding hydrogens is 210 g/mol. The summed E-state index contributed by atoms with van der Waals surface area (Å²) in [5, 5.41) is 0.702. The minimum absolute atomic E-state index is 0.702. The van der Waals surface area contributed by atoms with Gasteiger partial charge < -0.3 is 9.30 Å². The zero-order chi connectivity index (χ0) is 10.8. The molecule has 0 bridgehead atoms. The largest absolute Gasteiger partial charge is 0.309 e. The second-order valence-corrected chi connectivity index (χ2v) is 4.28. The van der Waals surface area contributed by atoms with Gasteiger partial charge in [0.25, 0.3) is 0 Å². The molecule has 3 nitrogen and oxygen atoms in total. The average Bonchev–Trinajstić information content (AvgIpc) is 2.59. The summed E-state index contributed by atoms with van der Waals surface area (Å²) in [5.41, 5.74) is 1.92. The van der Waals surface area contributed by atoms with Gasteiger partial charge in [0.05, 0.1) is 10.7 Å². The average molecular weight is 224 g/mol. The van der Waals surface area contributed by atoms with E-state index in [4.69, 9.17) is 11.6 Å². The lowest BCUT2D eigenvalue weighted by Crippen LogP contribution is -2.15. The Hall–Kier alpha value is -1.06. The van der Waals surface area contributed by atoms with Crippen molar-refractivity contribution in [1.29, 1.82) is 0 Å². The lowest BCUT2D eigenvalue weighted by molar-refractivity contribution is 0.412. The molecule has 0 N–H and O–H groups in total. The number of nitrogens with zero attached hydrogens (tertiary/aromatic N) is 3. The molecule has 0 saturated heterocycles. The molecule has 0 atom stereocenters. The fourth-order valence-electron chi connectivity index (χ4n) is 1.49. The molecule has 0 fully saturated rings. The maximum atomic E-state index is 6.04. The van der Waals surface area contributed by atoms with Crippen molar-refractivity contribution in [2.45, 2.75) is 6.42 Å². The molecule has 80 valence electrons. The molecule has 0 saturated carbocycles. The van der Waals surface area contributed by atoms with E-state index in [-0.39, 0.29) is 0 Å². The molecule has 0 aliphatic carbocycles. The molecule has 4 heteroatoms. The summed E-state index contributed by atoms with van der Waals surface area (Å²) in [6, 6.07) is 3.78. The maximum absolute atomic E-state index is 6.04. The number of fused-ring (bicyclic) bond motifs is 1. The number of hydrogen-bond donors (Lipinski definition) is 0. The van der Waals surface area contributed by atoms with Crippen molar-refractivity contribution in [3.05, 3.63) is 35.2 Å². The van der Waals surface area contributed by atoms with Crippen molar-refractivity contribution in [3.63, 3.8) is 0 Å². The van der Waals surface area contributed by atoms with E-state index in [0.29, 0.717) is 5.02 Å². The van der Waals surface area contributed by atoms with Gasteiger partial charge in [-0.2, -0.15) is 0 Å². The predicted octanol–water partition coefficient (Wildman–Crippen LogP) is 2.09. The Balaban J connectivity index is 2.27. The maximum Gasteiger partial charge on any atom is 0.155 e. The molecule has 2 aromatic rings. The minimum Gasteiger partial charge on any atom is -0.309 e. The minimum atomic E-state index is 0.702. The summed E-state index contributed by atoms with van der Waals surface area (Å²) in [6.45, 7) is 1.00. The van der Waals surface area contributed by atoms with Gasteiger partial charge in [0.1, 0.15) is 0 Å². The van der Waals surface area contributed by atoms with Gasteiger partial charge in [-0.15, -0.1) is 0 Å². The van der Waals surface area contributed by atoms with E-state index in [1.165, 1.54) is 0 Å². The van der Waals surface area contributed by atoms with Crippen LogP contribution in [0.4, 0.5) is 0 Å². The zero-order valence-electron chi connectivity index (χ0n) is 8.94. The normalized spacial score (nSPS) is 11.5. The number of aromatic nitrogens is 2. The topological polar surface area (TPSA) is 20.5 Å². The van der Waals surface area contributed by atoms with Crippen LogP contribution in [0.2, 0.25) is 5.02 Å². The Kier molecular flexibility index (Phi) is 2.93. The summed E-state index contributed by atoms with van der Waals surface area (Å²) in [5.74, 6) is 0. The van der Waals surface area contributed by atoms with Gasteiger partial charge in [-0.05, 0) is 26.2 Å². The van der Waals surface area contributed by atoms with Gasteiger partial charge in [-0.1, -0.05) is 11.6 Å². The predicted molar refractivity (Wildman–Crippen MR) is 62.5 cm³/mol. The lowest BCUT2D eigenvalue weighted by atomic mass is 10.3. The standard InChI is InChI=1S/C11H14ClN3/c1-14(2)7-5-9-8-15-6-3-4-10(12)11(15)13-9/h3-4,6,8H,5,7H2,1-2H3. The van der Waals surface area contributed by atoms with Crippen LogP contribution in [0, 0.1) is 0 Å². The highest BCUT2D eigenvalue weighted by Gasteiger charge is 2.04. The Labute approximate surface area is 94.3 Å². The molecule has 0 unspecified atom stereocenters. The van der Waals surface area contributed by atoms with Crippen molar-refractivity contribution in [2.75, 3.05) is 20.6 Å². The number of halogens is 1. The number of imidazole rings is 1. The fraction of sp³-hybridized carbons (Fsp3) is 0.364. The molecule has 0 spiro atoms. The monoisotopic (exact) mass is 223 g/mol. The number of pyridine rings is 1. The van der Waals surface area contributed by atoms with Crippen molar-refractivity contribution in [2.24, 2.45) is 0 Å². The highest BCUT2D eigenvalue weighted by molar-refractivity contribution is 6.33. The van der Waals surface area contributed by atoms with Gasteiger partial charge in [0.15, 0.2) is 5.65 Å². The molecular formula is C11H14ClN3. The molecule has 2 rings (SSSR count). The Morgan fingerprint density at radius 3 is 2.93 bits per heavy atom. The summed E-state index contributed by atoms with van der Waals surface area (Å²) in [6.07, 6.45) is 4.95. The van der Waals surface area contributed by atoms with Gasteiger partial charge in [-0.25, -0.2) is 4.98 Å². The van der Waals surface area contributed by atoms with E-state index in [2.05, 4.69) is 24.0 Å². The highest BCUT2D eigenvalue weighted by Crippen LogP contribution is 2.16. The van der Waals surface area contributed by atoms with E-state index in [0.717, 1.165) is 24.3 Å². The number of likely N-dealkylation sites (N-methyl/N-ethyl adjacent to an activating group) is 1. The molecule has 0 amide bonds. The molecule has 15 heavy (non-hydrogen) atoms. The van der Waals surface area contributed by atoms with Gasteiger partial charge >= 0.3 is 0 Å². The summed E-state index contributed by atoms with van der Waals surface area (Å²) < 4.78 is 1.97. The fourth-order valence-corrected chi connectivity index (χ4v) is 1.70. The quantitative estimate of drug-likeness (QED) is 0.795. The number of rotatable bonds is 3. The van der Waals surface area contributed by atoms with Gasteiger partial charge in [0.2, 0.25) is 0 Å². The molecule has 0 aromatic carbocycles. The van der Waals surface area contributed by atoms with Crippen LogP contribution >= 0.6 is 11.6 Å². The van der Waals surface area contributed by atoms with Crippen LogP contribution < -0.4 is 0 Å². The highest BCUT2D eigenvalue weighted by atomic mass is 35.5. The van der Waals surface area contributed by atoms with E-state index in [9.17, 15) is 0 Å². The lowest BCUT2D eigenvalue weighted by Gasteiger charge is -2.06. The van der Waals surface area contributed by atoms with Gasteiger partial charge in [-0.3, -0.25) is 0 Å². The molecule has 2 aromatic heterocycles. The van der Waals surface area contributed by atoms with Crippen LogP contribution in [0.15, 0.2) is 24.5 Å². The second-order valence-electron chi connectivity index (χ2n) is 3.87. The first-order valence-electron chi connectivity index (χ1n) is 4.93. The SMILES string of the molecule is CN(C)CCc1cn2cccc(Cl)c2n1. The van der Waals surface area contributed by atoms with Gasteiger partial charge in [0, 0.05) is 25.4 Å². The van der Waals surface area contributed by atoms with Crippen molar-refractivity contribution in [1.82, 2.24) is 14.3 Å². The summed E-state index contributed by atoms with van der Waals surface area (Å²) >= 11 is 6.04. The van der Waals surface area contributed by atoms with Crippen molar-refractivity contribution in [3.8, 4) is 0 Å². The third kappa shape index (κ3) is 2.30. The molecule has 0 aliphatic rings. The van der Waals surface area contributed by atoms with E-state index < -0.39 is 0 Å². The van der Waals surface area contributed by atoms with Crippen LogP contribution in [-0.4, -0.2) is 34.9 Å². The van der Waals surface area contributed by atoms with Crippen LogP contribution in [0.3, 0.4) is 0 Å². The summed E-state index contributed by atoms with van der Waals surface area (Å²) in [4.78, 5) is 6.63. The Bertz CT molecular complexity index is 462. The van der Waals surface area contributed by atoms with E-state index >= 15 is 0 Å². The Morgan fingerprint density at radius 2 is 2.27 bits per heavy atom. The first-order chi connectivity index (χ1) is 7.16. The zero-order valence-corrected chi connectivity index (χ0v) is 9.70. The second kappa shape index (κ2) is 4.21. The molecule has 0 aliphatic heterocycles. The third-order valence-electron chi connectivity index (χ3n) is 2.30. The Morgan fingerprint density at radius 1 is 1.47 bits per heavy atom. The first-order valence-corrected chi connectivity index (χ1v) is 5.31.